The molecule has 0 radical (unpaired) electrons. The lowest BCUT2D eigenvalue weighted by Crippen LogP contribution is -2.56. The van der Waals surface area contributed by atoms with Crippen molar-refractivity contribution in [1.82, 2.24) is 4.31 Å². The third-order valence-electron chi connectivity index (χ3n) is 3.50. The summed E-state index contributed by atoms with van der Waals surface area (Å²) in [5, 5.41) is 0. The van der Waals surface area contributed by atoms with E-state index in [0.717, 1.165) is 22.5 Å². The van der Waals surface area contributed by atoms with Crippen molar-refractivity contribution in [2.75, 3.05) is 13.1 Å². The molecule has 6 nitrogen and oxygen atoms in total. The SMILES string of the molecule is Cc1cc(OC2CN(S(=O)(=O)c3cc(F)ccc3F)C2)cc(=O)o1. The molecule has 1 aliphatic rings. The summed E-state index contributed by atoms with van der Waals surface area (Å²) in [5.74, 6) is -1.22. The average Bonchev–Trinajstić information content (AvgIpc) is 2.43. The molecule has 0 bridgehead atoms. The van der Waals surface area contributed by atoms with Crippen LogP contribution in [-0.4, -0.2) is 31.9 Å². The van der Waals surface area contributed by atoms with Gasteiger partial charge in [0.05, 0.1) is 19.2 Å². The minimum absolute atomic E-state index is 0.0302. The predicted octanol–water partition coefficient (Wildman–Crippen LogP) is 1.68. The monoisotopic (exact) mass is 357 g/mol. The summed E-state index contributed by atoms with van der Waals surface area (Å²) in [6.45, 7) is 1.52. The van der Waals surface area contributed by atoms with Crippen molar-refractivity contribution < 1.29 is 26.4 Å². The van der Waals surface area contributed by atoms with E-state index < -0.39 is 38.3 Å². The van der Waals surface area contributed by atoms with E-state index in [0.29, 0.717) is 11.8 Å². The van der Waals surface area contributed by atoms with Gasteiger partial charge in [0, 0.05) is 6.07 Å². The fraction of sp³-hybridized carbons (Fsp3) is 0.267. The molecule has 3 rings (SSSR count). The van der Waals surface area contributed by atoms with Crippen LogP contribution < -0.4 is 10.4 Å². The van der Waals surface area contributed by atoms with Crippen molar-refractivity contribution in [1.29, 1.82) is 0 Å². The maximum absolute atomic E-state index is 13.7. The van der Waals surface area contributed by atoms with Gasteiger partial charge in [0.2, 0.25) is 10.0 Å². The van der Waals surface area contributed by atoms with Crippen LogP contribution in [0, 0.1) is 18.6 Å². The second-order valence-electron chi connectivity index (χ2n) is 5.36. The Morgan fingerprint density at radius 1 is 1.21 bits per heavy atom. The fourth-order valence-corrected chi connectivity index (χ4v) is 3.90. The number of hydrogen-bond donors (Lipinski definition) is 0. The molecular weight excluding hydrogens is 344 g/mol. The van der Waals surface area contributed by atoms with E-state index in [1.165, 1.54) is 6.07 Å². The summed E-state index contributed by atoms with van der Waals surface area (Å²) in [7, 11) is -4.14. The van der Waals surface area contributed by atoms with Gasteiger partial charge in [-0.1, -0.05) is 0 Å². The maximum atomic E-state index is 13.7. The zero-order valence-corrected chi connectivity index (χ0v) is 13.3. The van der Waals surface area contributed by atoms with Gasteiger partial charge >= 0.3 is 5.63 Å². The Morgan fingerprint density at radius 3 is 2.58 bits per heavy atom. The standard InChI is InChI=1S/C15H13F2NO5S/c1-9-4-11(6-15(19)22-9)23-12-7-18(8-12)24(20,21)14-5-10(16)2-3-13(14)17/h2-6,12H,7-8H2,1H3. The number of aryl methyl sites for hydroxylation is 1. The van der Waals surface area contributed by atoms with Crippen LogP contribution in [0.1, 0.15) is 5.76 Å². The Labute approximate surface area is 136 Å². The van der Waals surface area contributed by atoms with Crippen molar-refractivity contribution in [3.05, 3.63) is 58.1 Å². The highest BCUT2D eigenvalue weighted by Crippen LogP contribution is 2.26. The number of nitrogens with zero attached hydrogens (tertiary/aromatic N) is 1. The number of hydrogen-bond acceptors (Lipinski definition) is 5. The second-order valence-corrected chi connectivity index (χ2v) is 7.27. The molecule has 9 heteroatoms. The van der Waals surface area contributed by atoms with Crippen LogP contribution >= 0.6 is 0 Å². The van der Waals surface area contributed by atoms with Crippen LogP contribution in [0.3, 0.4) is 0 Å². The number of benzene rings is 1. The number of rotatable bonds is 4. The summed E-state index contributed by atoms with van der Waals surface area (Å²) in [5.41, 5.74) is -0.573. The van der Waals surface area contributed by atoms with Crippen molar-refractivity contribution >= 4 is 10.0 Å². The first-order chi connectivity index (χ1) is 11.3. The lowest BCUT2D eigenvalue weighted by atomic mass is 10.2. The Balaban J connectivity index is 1.71. The van der Waals surface area contributed by atoms with Crippen molar-refractivity contribution in [2.45, 2.75) is 17.9 Å². The summed E-state index contributed by atoms with van der Waals surface area (Å²) >= 11 is 0. The quantitative estimate of drug-likeness (QED) is 0.832. The van der Waals surface area contributed by atoms with Gasteiger partial charge in [0.15, 0.2) is 0 Å². The molecule has 24 heavy (non-hydrogen) atoms. The molecule has 0 saturated carbocycles. The zero-order chi connectivity index (χ0) is 17.5. The number of halogens is 2. The van der Waals surface area contributed by atoms with Gasteiger partial charge in [-0.3, -0.25) is 0 Å². The molecule has 1 aromatic carbocycles. The molecule has 128 valence electrons. The van der Waals surface area contributed by atoms with E-state index in [-0.39, 0.29) is 18.8 Å². The molecule has 0 aliphatic carbocycles. The Hall–Kier alpha value is -2.26. The average molecular weight is 357 g/mol. The molecule has 1 aliphatic heterocycles. The molecule has 0 N–H and O–H groups in total. The largest absolute Gasteiger partial charge is 0.487 e. The smallest absolute Gasteiger partial charge is 0.339 e. The Morgan fingerprint density at radius 2 is 1.92 bits per heavy atom. The lowest BCUT2D eigenvalue weighted by molar-refractivity contribution is 0.0752. The van der Waals surface area contributed by atoms with Crippen LogP contribution in [0.25, 0.3) is 0 Å². The van der Waals surface area contributed by atoms with E-state index in [1.54, 1.807) is 6.92 Å². The summed E-state index contributed by atoms with van der Waals surface area (Å²) in [6.07, 6.45) is -0.488. The van der Waals surface area contributed by atoms with E-state index in [9.17, 15) is 22.0 Å². The van der Waals surface area contributed by atoms with Gasteiger partial charge < -0.3 is 9.15 Å². The summed E-state index contributed by atoms with van der Waals surface area (Å²) in [4.78, 5) is 10.5. The van der Waals surface area contributed by atoms with Gasteiger partial charge in [-0.15, -0.1) is 0 Å². The van der Waals surface area contributed by atoms with E-state index in [4.69, 9.17) is 9.15 Å². The number of sulfonamides is 1. The Bertz CT molecular complexity index is 935. The van der Waals surface area contributed by atoms with E-state index in [1.807, 2.05) is 0 Å². The van der Waals surface area contributed by atoms with Gasteiger partial charge in [-0.05, 0) is 25.1 Å². The normalized spacial score (nSPS) is 16.0. The van der Waals surface area contributed by atoms with Crippen molar-refractivity contribution in [3.8, 4) is 5.75 Å². The minimum Gasteiger partial charge on any atom is -0.487 e. The van der Waals surface area contributed by atoms with Gasteiger partial charge in [0.25, 0.3) is 0 Å². The third-order valence-corrected chi connectivity index (χ3v) is 5.34. The van der Waals surface area contributed by atoms with E-state index >= 15 is 0 Å². The molecule has 0 amide bonds. The number of ether oxygens (including phenoxy) is 1. The predicted molar refractivity (Wildman–Crippen MR) is 79.2 cm³/mol. The van der Waals surface area contributed by atoms with Gasteiger partial charge in [-0.2, -0.15) is 4.31 Å². The Kier molecular flexibility index (Phi) is 4.14. The molecular formula is C15H13F2NO5S. The van der Waals surface area contributed by atoms with Crippen LogP contribution in [0.2, 0.25) is 0 Å². The molecule has 0 spiro atoms. The molecule has 2 aromatic rings. The molecule has 1 fully saturated rings. The highest BCUT2D eigenvalue weighted by Gasteiger charge is 2.39. The first-order valence-electron chi connectivity index (χ1n) is 6.99. The van der Waals surface area contributed by atoms with Gasteiger partial charge in [0.1, 0.15) is 34.1 Å². The zero-order valence-electron chi connectivity index (χ0n) is 12.5. The molecule has 0 unspecified atom stereocenters. The first kappa shape index (κ1) is 16.6. The van der Waals surface area contributed by atoms with Crippen molar-refractivity contribution in [3.63, 3.8) is 0 Å². The van der Waals surface area contributed by atoms with E-state index in [2.05, 4.69) is 0 Å². The highest BCUT2D eigenvalue weighted by atomic mass is 32.2. The van der Waals surface area contributed by atoms with Crippen LogP contribution in [0.5, 0.6) is 5.75 Å². The summed E-state index contributed by atoms with van der Waals surface area (Å²) < 4.78 is 62.7. The summed E-state index contributed by atoms with van der Waals surface area (Å²) in [6, 6.07) is 4.91. The third kappa shape index (κ3) is 3.17. The molecule has 1 aromatic heterocycles. The molecule has 2 heterocycles. The topological polar surface area (TPSA) is 76.8 Å². The van der Waals surface area contributed by atoms with Crippen LogP contribution in [0.4, 0.5) is 8.78 Å². The maximum Gasteiger partial charge on any atom is 0.339 e. The first-order valence-corrected chi connectivity index (χ1v) is 8.43. The highest BCUT2D eigenvalue weighted by molar-refractivity contribution is 7.89. The lowest BCUT2D eigenvalue weighted by Gasteiger charge is -2.37. The van der Waals surface area contributed by atoms with Crippen molar-refractivity contribution in [2.24, 2.45) is 0 Å². The fourth-order valence-electron chi connectivity index (χ4n) is 2.32. The molecule has 1 saturated heterocycles. The van der Waals surface area contributed by atoms with Crippen LogP contribution in [0.15, 0.2) is 44.4 Å². The second kappa shape index (κ2) is 5.99. The molecule has 0 atom stereocenters. The minimum atomic E-state index is -4.14. The van der Waals surface area contributed by atoms with Crippen LogP contribution in [-0.2, 0) is 10.0 Å². The van der Waals surface area contributed by atoms with Gasteiger partial charge in [-0.25, -0.2) is 22.0 Å².